The zero-order valence-corrected chi connectivity index (χ0v) is 25.6. The van der Waals surface area contributed by atoms with Crippen molar-refractivity contribution in [2.75, 3.05) is 13.7 Å². The number of nitrogens with zero attached hydrogens (tertiary/aromatic N) is 2. The molecule has 5 N–H and O–H groups in total. The van der Waals surface area contributed by atoms with Crippen LogP contribution in [0, 0.1) is 5.92 Å². The van der Waals surface area contributed by atoms with Gasteiger partial charge in [0.15, 0.2) is 0 Å². The Kier molecular flexibility index (Phi) is 11.2. The van der Waals surface area contributed by atoms with E-state index in [1.165, 1.54) is 11.8 Å². The van der Waals surface area contributed by atoms with Crippen molar-refractivity contribution in [1.29, 1.82) is 0 Å². The molecule has 2 fully saturated rings. The van der Waals surface area contributed by atoms with E-state index in [0.717, 1.165) is 12.8 Å². The van der Waals surface area contributed by atoms with Gasteiger partial charge < -0.3 is 25.7 Å². The predicted molar refractivity (Wildman–Crippen MR) is 161 cm³/mol. The van der Waals surface area contributed by atoms with Gasteiger partial charge in [-0.1, -0.05) is 51.3 Å². The molecule has 0 aliphatic carbocycles. The number of hydrogen-bond acceptors (Lipinski definition) is 7. The fourth-order valence-corrected chi connectivity index (χ4v) is 6.05. The number of nitrogens with one attached hydrogen (secondary N) is 4. The van der Waals surface area contributed by atoms with Gasteiger partial charge in [0.1, 0.15) is 31.3 Å². The maximum absolute atomic E-state index is 14.1. The van der Waals surface area contributed by atoms with Crippen molar-refractivity contribution in [3.05, 3.63) is 36.0 Å². The number of hydroxylamine groups is 1. The maximum Gasteiger partial charge on any atom is 0.247 e. The van der Waals surface area contributed by atoms with E-state index in [2.05, 4.69) is 16.0 Å². The van der Waals surface area contributed by atoms with Crippen LogP contribution in [0.25, 0.3) is 10.9 Å². The second-order valence-electron chi connectivity index (χ2n) is 11.7. The van der Waals surface area contributed by atoms with Gasteiger partial charge in [0.05, 0.1) is 11.7 Å². The molecular formula is C31H44N6O7. The quantitative estimate of drug-likeness (QED) is 0.154. The standard InChI is InChI=1S/C31H44N6O7/c1-4-19(2)26-31(42)36-17-11-10-15-24(36)29(40)32-22(13-6-5-7-16-25(38)35-43)28(39)34-27(30(41)33-26)21-18-37(44-3)23-14-9-8-12-20(21)23/h8-9,12,14,18-19,22,24,26-27,43H,4-7,10-11,13,15-17H2,1-3H3,(H,32,40)(H,33,41)(H,34,39)(H,35,38)/t19?,22-,24+,26?,27-/m0/s1. The van der Waals surface area contributed by atoms with E-state index < -0.39 is 47.8 Å². The lowest BCUT2D eigenvalue weighted by atomic mass is 9.93. The second kappa shape index (κ2) is 15.0. The molecule has 2 unspecified atom stereocenters. The number of fused-ring (bicyclic) bond motifs is 2. The summed E-state index contributed by atoms with van der Waals surface area (Å²) in [5.41, 5.74) is 2.78. The summed E-state index contributed by atoms with van der Waals surface area (Å²) in [6.07, 6.45) is 6.15. The summed E-state index contributed by atoms with van der Waals surface area (Å²) in [4.78, 5) is 74.2. The Morgan fingerprint density at radius 3 is 2.55 bits per heavy atom. The highest BCUT2D eigenvalue weighted by atomic mass is 16.6. The minimum absolute atomic E-state index is 0.127. The van der Waals surface area contributed by atoms with Crippen LogP contribution in [0.4, 0.5) is 0 Å². The molecule has 44 heavy (non-hydrogen) atoms. The zero-order valence-electron chi connectivity index (χ0n) is 25.6. The van der Waals surface area contributed by atoms with Gasteiger partial charge in [0, 0.05) is 23.9 Å². The number of para-hydroxylation sites is 1. The molecule has 3 heterocycles. The number of carbonyl (C=O) groups is 5. The van der Waals surface area contributed by atoms with Crippen LogP contribution in [0.3, 0.4) is 0 Å². The summed E-state index contributed by atoms with van der Waals surface area (Å²) in [5, 5.41) is 18.1. The van der Waals surface area contributed by atoms with Crippen LogP contribution in [0.2, 0.25) is 0 Å². The van der Waals surface area contributed by atoms with Gasteiger partial charge >= 0.3 is 0 Å². The first-order valence-electron chi connectivity index (χ1n) is 15.5. The van der Waals surface area contributed by atoms with E-state index in [1.54, 1.807) is 16.6 Å². The van der Waals surface area contributed by atoms with E-state index in [9.17, 15) is 24.0 Å². The Balaban J connectivity index is 1.72. The summed E-state index contributed by atoms with van der Waals surface area (Å²) >= 11 is 0. The topological polar surface area (TPSA) is 171 Å². The van der Waals surface area contributed by atoms with Crippen LogP contribution >= 0.6 is 0 Å². The molecular weight excluding hydrogens is 568 g/mol. The van der Waals surface area contributed by atoms with E-state index in [-0.39, 0.29) is 24.7 Å². The average Bonchev–Trinajstić information content (AvgIpc) is 3.42. The van der Waals surface area contributed by atoms with Crippen molar-refractivity contribution in [2.45, 2.75) is 95.8 Å². The summed E-state index contributed by atoms with van der Waals surface area (Å²) < 4.78 is 1.51. The van der Waals surface area contributed by atoms with Gasteiger partial charge in [-0.3, -0.25) is 29.2 Å². The lowest BCUT2D eigenvalue weighted by Gasteiger charge is -2.39. The molecule has 0 saturated carbocycles. The minimum Gasteiger partial charge on any atom is -0.417 e. The van der Waals surface area contributed by atoms with E-state index in [1.807, 2.05) is 38.1 Å². The first-order chi connectivity index (χ1) is 21.2. The lowest BCUT2D eigenvalue weighted by molar-refractivity contribution is -0.147. The van der Waals surface area contributed by atoms with Gasteiger partial charge in [-0.15, -0.1) is 0 Å². The van der Waals surface area contributed by atoms with E-state index in [0.29, 0.717) is 55.1 Å². The number of unbranched alkanes of at least 4 members (excludes halogenated alkanes) is 2. The van der Waals surface area contributed by atoms with Crippen molar-refractivity contribution in [3.8, 4) is 0 Å². The molecule has 4 rings (SSSR count). The average molecular weight is 613 g/mol. The van der Waals surface area contributed by atoms with Crippen LogP contribution in [-0.2, 0) is 24.0 Å². The molecule has 0 radical (unpaired) electrons. The van der Waals surface area contributed by atoms with E-state index in [4.69, 9.17) is 10.0 Å². The molecule has 1 aromatic carbocycles. The van der Waals surface area contributed by atoms with Crippen molar-refractivity contribution >= 4 is 40.4 Å². The number of hydrogen-bond donors (Lipinski definition) is 5. The third-order valence-electron chi connectivity index (χ3n) is 8.78. The van der Waals surface area contributed by atoms with Crippen LogP contribution < -0.4 is 26.3 Å². The molecule has 0 spiro atoms. The highest BCUT2D eigenvalue weighted by Crippen LogP contribution is 2.28. The van der Waals surface area contributed by atoms with Crippen LogP contribution in [0.5, 0.6) is 0 Å². The van der Waals surface area contributed by atoms with Crippen LogP contribution in [0.1, 0.15) is 83.2 Å². The molecule has 2 aliphatic rings. The molecule has 2 saturated heterocycles. The molecule has 2 aromatic rings. The number of aromatic nitrogens is 1. The molecule has 5 amide bonds. The van der Waals surface area contributed by atoms with Gasteiger partial charge in [-0.05, 0) is 44.1 Å². The largest absolute Gasteiger partial charge is 0.417 e. The Bertz CT molecular complexity index is 1360. The fraction of sp³-hybridized carbons (Fsp3) is 0.581. The molecule has 0 bridgehead atoms. The molecule has 1 aromatic heterocycles. The van der Waals surface area contributed by atoms with Gasteiger partial charge in [0.25, 0.3) is 0 Å². The van der Waals surface area contributed by atoms with Crippen molar-refractivity contribution < 1.29 is 34.0 Å². The summed E-state index contributed by atoms with van der Waals surface area (Å²) in [5.74, 6) is -2.50. The molecule has 13 nitrogen and oxygen atoms in total. The van der Waals surface area contributed by atoms with Crippen molar-refractivity contribution in [1.82, 2.24) is 31.1 Å². The number of carbonyl (C=O) groups excluding carboxylic acids is 5. The second-order valence-corrected chi connectivity index (χ2v) is 11.7. The van der Waals surface area contributed by atoms with Crippen molar-refractivity contribution in [2.24, 2.45) is 5.92 Å². The van der Waals surface area contributed by atoms with Crippen molar-refractivity contribution in [3.63, 3.8) is 0 Å². The van der Waals surface area contributed by atoms with E-state index >= 15 is 0 Å². The number of piperidine rings is 1. The fourth-order valence-electron chi connectivity index (χ4n) is 6.05. The Morgan fingerprint density at radius 2 is 1.82 bits per heavy atom. The van der Waals surface area contributed by atoms with Gasteiger partial charge in [-0.2, -0.15) is 4.73 Å². The predicted octanol–water partition coefficient (Wildman–Crippen LogP) is 1.72. The maximum atomic E-state index is 14.1. The smallest absolute Gasteiger partial charge is 0.247 e. The molecule has 13 heteroatoms. The number of benzene rings is 1. The summed E-state index contributed by atoms with van der Waals surface area (Å²) in [6, 6.07) is 3.51. The van der Waals surface area contributed by atoms with Gasteiger partial charge in [-0.25, -0.2) is 5.48 Å². The Labute approximate surface area is 256 Å². The lowest BCUT2D eigenvalue weighted by Crippen LogP contribution is -2.62. The van der Waals surface area contributed by atoms with Gasteiger partial charge in [0.2, 0.25) is 29.5 Å². The highest BCUT2D eigenvalue weighted by Gasteiger charge is 2.41. The summed E-state index contributed by atoms with van der Waals surface area (Å²) in [7, 11) is 1.50. The minimum atomic E-state index is -1.19. The first-order valence-corrected chi connectivity index (χ1v) is 15.5. The monoisotopic (exact) mass is 612 g/mol. The Morgan fingerprint density at radius 1 is 1.05 bits per heavy atom. The third kappa shape index (κ3) is 7.32. The number of amides is 5. The first kappa shape index (κ1) is 32.8. The Hall–Kier alpha value is -4.13. The summed E-state index contributed by atoms with van der Waals surface area (Å²) in [6.45, 7) is 4.21. The molecule has 5 atom stereocenters. The van der Waals surface area contributed by atoms with Crippen LogP contribution in [0.15, 0.2) is 30.5 Å². The zero-order chi connectivity index (χ0) is 31.8. The normalized spacial score (nSPS) is 23.9. The van der Waals surface area contributed by atoms with Crippen LogP contribution in [-0.4, -0.2) is 76.2 Å². The highest BCUT2D eigenvalue weighted by molar-refractivity contribution is 6.00. The molecule has 2 aliphatic heterocycles. The SMILES string of the molecule is CCC(C)C1NC(=O)[C@H](c2cn(OC)c3ccccc23)NC(=O)[C@H](CCCCCC(=O)NO)NC(=O)[C@H]2CCCCN2C1=O. The molecule has 240 valence electrons. The third-order valence-corrected chi connectivity index (χ3v) is 8.78. The number of rotatable bonds is 10.